The van der Waals surface area contributed by atoms with E-state index >= 15 is 0 Å². The van der Waals surface area contributed by atoms with Gasteiger partial charge < -0.3 is 4.74 Å². The van der Waals surface area contributed by atoms with E-state index < -0.39 is 0 Å². The first-order valence-electron chi connectivity index (χ1n) is 5.95. The molecular weight excluding hydrogens is 210 g/mol. The highest BCUT2D eigenvalue weighted by atomic mass is 16.5. The molecule has 90 valence electrons. The highest BCUT2D eigenvalue weighted by Gasteiger charge is 2.35. The van der Waals surface area contributed by atoms with E-state index in [0.29, 0.717) is 0 Å². The van der Waals surface area contributed by atoms with Crippen LogP contribution in [0.3, 0.4) is 0 Å². The molecule has 0 saturated carbocycles. The Morgan fingerprint density at radius 3 is 2.41 bits per heavy atom. The zero-order valence-corrected chi connectivity index (χ0v) is 10.7. The van der Waals surface area contributed by atoms with Crippen LogP contribution in [0.15, 0.2) is 48.0 Å². The van der Waals surface area contributed by atoms with E-state index in [2.05, 4.69) is 44.5 Å². The fourth-order valence-electron chi connectivity index (χ4n) is 1.88. The Labute approximate surface area is 103 Å². The minimum absolute atomic E-state index is 0.0200. The minimum Gasteiger partial charge on any atom is -0.470 e. The zero-order chi connectivity index (χ0) is 12.5. The Morgan fingerprint density at radius 1 is 1.24 bits per heavy atom. The molecule has 2 heteroatoms. The Morgan fingerprint density at radius 2 is 1.88 bits per heavy atom. The van der Waals surface area contributed by atoms with E-state index in [0.717, 1.165) is 11.5 Å². The van der Waals surface area contributed by atoms with E-state index in [1.807, 2.05) is 24.3 Å². The average Bonchev–Trinajstić information content (AvgIpc) is 2.73. The second-order valence-electron chi connectivity index (χ2n) is 5.36. The van der Waals surface area contributed by atoms with Gasteiger partial charge in [-0.2, -0.15) is 0 Å². The molecule has 0 bridgehead atoms. The molecule has 0 N–H and O–H groups in total. The van der Waals surface area contributed by atoms with Crippen molar-refractivity contribution < 1.29 is 4.74 Å². The highest BCUT2D eigenvalue weighted by molar-refractivity contribution is 5.83. The lowest BCUT2D eigenvalue weighted by Crippen LogP contribution is -2.21. The summed E-state index contributed by atoms with van der Waals surface area (Å²) in [7, 11) is 0. The lowest BCUT2D eigenvalue weighted by atomic mass is 9.97. The summed E-state index contributed by atoms with van der Waals surface area (Å²) < 4.78 is 5.99. The molecule has 1 heterocycles. The number of hydrogen-bond acceptors (Lipinski definition) is 2. The van der Waals surface area contributed by atoms with Crippen LogP contribution in [0.5, 0.6) is 0 Å². The Bertz CT molecular complexity index is 428. The quantitative estimate of drug-likeness (QED) is 0.708. The van der Waals surface area contributed by atoms with Crippen LogP contribution in [0, 0.1) is 5.41 Å². The van der Waals surface area contributed by atoms with Crippen molar-refractivity contribution in [1.29, 1.82) is 0 Å². The Balaban J connectivity index is 2.26. The van der Waals surface area contributed by atoms with Crippen molar-refractivity contribution in [2.45, 2.75) is 32.9 Å². The first-order valence-corrected chi connectivity index (χ1v) is 5.95. The summed E-state index contributed by atoms with van der Waals surface area (Å²) in [6, 6.07) is 10.2. The summed E-state index contributed by atoms with van der Waals surface area (Å²) in [5.74, 6) is 0.816. The maximum Gasteiger partial charge on any atom is 0.190 e. The second kappa shape index (κ2) is 4.36. The van der Waals surface area contributed by atoms with Gasteiger partial charge in [-0.25, -0.2) is 4.99 Å². The summed E-state index contributed by atoms with van der Waals surface area (Å²) in [4.78, 5) is 4.61. The van der Waals surface area contributed by atoms with Gasteiger partial charge in [0.25, 0.3) is 0 Å². The van der Waals surface area contributed by atoms with Crippen LogP contribution in [0.2, 0.25) is 0 Å². The van der Waals surface area contributed by atoms with E-state index in [9.17, 15) is 0 Å². The normalized spacial score (nSPS) is 24.1. The molecule has 0 fully saturated rings. The molecule has 0 spiro atoms. The molecule has 1 aromatic carbocycles. The standard InChI is InChI=1S/C15H19NO/c1-5-12-13(11-9-7-6-8-10-11)17-14(16-12)15(2,3)4/h5-10,12-13H,1H2,2-4H3. The van der Waals surface area contributed by atoms with Gasteiger partial charge in [-0.15, -0.1) is 6.58 Å². The van der Waals surface area contributed by atoms with Gasteiger partial charge in [0.2, 0.25) is 0 Å². The van der Waals surface area contributed by atoms with Crippen molar-refractivity contribution in [3.63, 3.8) is 0 Å². The molecule has 0 saturated heterocycles. The predicted molar refractivity (Wildman–Crippen MR) is 71.1 cm³/mol. The number of hydrogen-bond donors (Lipinski definition) is 0. The highest BCUT2D eigenvalue weighted by Crippen LogP contribution is 2.34. The maximum absolute atomic E-state index is 5.99. The van der Waals surface area contributed by atoms with Gasteiger partial charge in [0, 0.05) is 5.41 Å². The number of rotatable bonds is 2. The topological polar surface area (TPSA) is 21.6 Å². The smallest absolute Gasteiger partial charge is 0.190 e. The van der Waals surface area contributed by atoms with Crippen LogP contribution in [0.4, 0.5) is 0 Å². The molecule has 2 nitrogen and oxygen atoms in total. The summed E-state index contributed by atoms with van der Waals surface area (Å²) in [6.45, 7) is 10.2. The van der Waals surface area contributed by atoms with Crippen molar-refractivity contribution in [2.24, 2.45) is 10.4 Å². The van der Waals surface area contributed by atoms with Crippen LogP contribution in [-0.2, 0) is 4.74 Å². The molecule has 17 heavy (non-hydrogen) atoms. The van der Waals surface area contributed by atoms with Crippen LogP contribution in [-0.4, -0.2) is 11.9 Å². The molecule has 2 unspecified atom stereocenters. The summed E-state index contributed by atoms with van der Waals surface area (Å²) in [6.07, 6.45) is 1.83. The average molecular weight is 229 g/mol. The Hall–Kier alpha value is -1.57. The van der Waals surface area contributed by atoms with Gasteiger partial charge in [-0.3, -0.25) is 0 Å². The molecule has 0 aromatic heterocycles. The number of nitrogens with zero attached hydrogens (tertiary/aromatic N) is 1. The number of aliphatic imine (C=N–C) groups is 1. The molecule has 0 aliphatic carbocycles. The maximum atomic E-state index is 5.99. The summed E-state index contributed by atoms with van der Waals surface area (Å²) in [5, 5.41) is 0. The fourth-order valence-corrected chi connectivity index (χ4v) is 1.88. The van der Waals surface area contributed by atoms with E-state index in [1.165, 1.54) is 0 Å². The SMILES string of the molecule is C=CC1N=C(C(C)(C)C)OC1c1ccccc1. The molecule has 2 atom stereocenters. The summed E-state index contributed by atoms with van der Waals surface area (Å²) in [5.41, 5.74) is 1.10. The molecule has 0 amide bonds. The number of ether oxygens (including phenoxy) is 1. The van der Waals surface area contributed by atoms with Crippen LogP contribution < -0.4 is 0 Å². The third-order valence-electron chi connectivity index (χ3n) is 2.83. The largest absolute Gasteiger partial charge is 0.470 e. The molecule has 2 rings (SSSR count). The van der Waals surface area contributed by atoms with Crippen molar-refractivity contribution in [3.8, 4) is 0 Å². The van der Waals surface area contributed by atoms with Crippen molar-refractivity contribution in [2.75, 3.05) is 0 Å². The lowest BCUT2D eigenvalue weighted by molar-refractivity contribution is 0.188. The van der Waals surface area contributed by atoms with Gasteiger partial charge in [-0.05, 0) is 5.56 Å². The van der Waals surface area contributed by atoms with Gasteiger partial charge in [-0.1, -0.05) is 57.2 Å². The first kappa shape index (κ1) is 11.9. The van der Waals surface area contributed by atoms with Gasteiger partial charge in [0.1, 0.15) is 6.04 Å². The van der Waals surface area contributed by atoms with Gasteiger partial charge in [0.15, 0.2) is 12.0 Å². The predicted octanol–water partition coefficient (Wildman–Crippen LogP) is 3.76. The zero-order valence-electron chi connectivity index (χ0n) is 10.7. The van der Waals surface area contributed by atoms with Crippen LogP contribution >= 0.6 is 0 Å². The lowest BCUT2D eigenvalue weighted by Gasteiger charge is -2.21. The first-order chi connectivity index (χ1) is 8.02. The third-order valence-corrected chi connectivity index (χ3v) is 2.83. The molecule has 1 aliphatic rings. The monoisotopic (exact) mass is 229 g/mol. The molecule has 0 radical (unpaired) electrons. The van der Waals surface area contributed by atoms with Gasteiger partial charge in [0.05, 0.1) is 0 Å². The van der Waals surface area contributed by atoms with Crippen molar-refractivity contribution in [1.82, 2.24) is 0 Å². The summed E-state index contributed by atoms with van der Waals surface area (Å²) >= 11 is 0. The van der Waals surface area contributed by atoms with Gasteiger partial charge >= 0.3 is 0 Å². The van der Waals surface area contributed by atoms with E-state index in [4.69, 9.17) is 4.74 Å². The third kappa shape index (κ3) is 2.41. The minimum atomic E-state index is -0.0508. The van der Waals surface area contributed by atoms with E-state index in [-0.39, 0.29) is 17.6 Å². The fraction of sp³-hybridized carbons (Fsp3) is 0.400. The molecule has 1 aliphatic heterocycles. The molecular formula is C15H19NO. The Kier molecular flexibility index (Phi) is 3.05. The second-order valence-corrected chi connectivity index (χ2v) is 5.36. The van der Waals surface area contributed by atoms with E-state index in [1.54, 1.807) is 0 Å². The molecule has 1 aromatic rings. The van der Waals surface area contributed by atoms with Crippen LogP contribution in [0.1, 0.15) is 32.4 Å². The van der Waals surface area contributed by atoms with Crippen molar-refractivity contribution in [3.05, 3.63) is 48.6 Å². The van der Waals surface area contributed by atoms with Crippen LogP contribution in [0.25, 0.3) is 0 Å². The number of benzene rings is 1. The van der Waals surface area contributed by atoms with Crippen molar-refractivity contribution >= 4 is 5.90 Å².